The van der Waals surface area contributed by atoms with E-state index in [1.807, 2.05) is 12.1 Å². The van der Waals surface area contributed by atoms with Gasteiger partial charge in [-0.25, -0.2) is 4.79 Å². The molecule has 0 saturated heterocycles. The Balaban J connectivity index is 0.000000142. The van der Waals surface area contributed by atoms with Crippen molar-refractivity contribution in [2.24, 2.45) is 0 Å². The molecule has 0 aliphatic rings. The highest BCUT2D eigenvalue weighted by Gasteiger charge is 1.98. The molecule has 3 nitrogen and oxygen atoms in total. The highest BCUT2D eigenvalue weighted by molar-refractivity contribution is 5.97. The van der Waals surface area contributed by atoms with Crippen LogP contribution in [-0.4, -0.2) is 11.1 Å². The number of carboxylic acid groups (broad SMARTS) is 1. The average Bonchev–Trinajstić information content (AvgIpc) is 3.01. The van der Waals surface area contributed by atoms with Gasteiger partial charge < -0.3 is 9.52 Å². The van der Waals surface area contributed by atoms with Crippen LogP contribution in [0.2, 0.25) is 0 Å². The summed E-state index contributed by atoms with van der Waals surface area (Å²) in [5.74, 6) is -0.879. The maximum Gasteiger partial charge on any atom is 0.335 e. The number of carbonyl (C=O) groups is 1. The Labute approximate surface area is 127 Å². The zero-order valence-corrected chi connectivity index (χ0v) is 11.8. The van der Waals surface area contributed by atoms with Crippen molar-refractivity contribution in [3.8, 4) is 0 Å². The molecule has 0 fully saturated rings. The van der Waals surface area contributed by atoms with Crippen LogP contribution in [-0.2, 0) is 0 Å². The molecule has 0 unspecified atom stereocenters. The summed E-state index contributed by atoms with van der Waals surface area (Å²) in [5.41, 5.74) is 0.331. The van der Waals surface area contributed by atoms with Gasteiger partial charge in [-0.2, -0.15) is 0 Å². The second-order valence-corrected chi connectivity index (χ2v) is 4.87. The van der Waals surface area contributed by atoms with Gasteiger partial charge in [0.2, 0.25) is 0 Å². The van der Waals surface area contributed by atoms with Crippen molar-refractivity contribution >= 4 is 27.5 Å². The van der Waals surface area contributed by atoms with Gasteiger partial charge in [0, 0.05) is 10.8 Å². The van der Waals surface area contributed by atoms with Crippen LogP contribution in [0.15, 0.2) is 83.7 Å². The van der Waals surface area contributed by atoms with Gasteiger partial charge in [-0.3, -0.25) is 0 Å². The lowest BCUT2D eigenvalue weighted by Gasteiger charge is -1.95. The summed E-state index contributed by atoms with van der Waals surface area (Å²) in [6, 6.07) is 20.9. The third-order valence-corrected chi connectivity index (χ3v) is 3.36. The number of rotatable bonds is 1. The molecule has 1 heterocycles. The van der Waals surface area contributed by atoms with Gasteiger partial charge in [0.05, 0.1) is 18.1 Å². The Hall–Kier alpha value is -3.07. The van der Waals surface area contributed by atoms with E-state index in [4.69, 9.17) is 9.52 Å². The average molecular weight is 290 g/mol. The van der Waals surface area contributed by atoms with Crippen LogP contribution in [0.4, 0.5) is 0 Å². The fraction of sp³-hybridized carbons (Fsp3) is 0. The molecule has 4 rings (SSSR count). The molecule has 3 aromatic carbocycles. The fourth-order valence-electron chi connectivity index (χ4n) is 2.24. The molecule has 22 heavy (non-hydrogen) atoms. The second kappa shape index (κ2) is 6.14. The fourth-order valence-corrected chi connectivity index (χ4v) is 2.24. The summed E-state index contributed by atoms with van der Waals surface area (Å²) >= 11 is 0. The Kier molecular flexibility index (Phi) is 3.88. The second-order valence-electron chi connectivity index (χ2n) is 4.87. The summed E-state index contributed by atoms with van der Waals surface area (Å²) < 4.78 is 5.14. The standard InChI is InChI=1S/C12H8O.C7H6O2/c1-2-4-10-6-12-8-13-7-11(12)5-9(10)3-1;8-7(9)6-4-2-1-3-5-6/h1-8H;1-5H,(H,8,9). The third kappa shape index (κ3) is 2.99. The van der Waals surface area contributed by atoms with Crippen LogP contribution in [0.3, 0.4) is 0 Å². The molecule has 1 N–H and O–H groups in total. The Bertz CT molecular complexity index is 858. The van der Waals surface area contributed by atoms with Crippen molar-refractivity contribution in [3.63, 3.8) is 0 Å². The van der Waals surface area contributed by atoms with Crippen molar-refractivity contribution in [1.82, 2.24) is 0 Å². The van der Waals surface area contributed by atoms with Crippen LogP contribution >= 0.6 is 0 Å². The molecule has 0 aliphatic heterocycles. The van der Waals surface area contributed by atoms with Crippen molar-refractivity contribution < 1.29 is 14.3 Å². The van der Waals surface area contributed by atoms with E-state index in [1.165, 1.54) is 21.5 Å². The first kappa shape index (κ1) is 13.9. The first-order chi connectivity index (χ1) is 10.7. The summed E-state index contributed by atoms with van der Waals surface area (Å²) in [5, 5.41) is 13.2. The number of aromatic carboxylic acids is 1. The van der Waals surface area contributed by atoms with E-state index < -0.39 is 5.97 Å². The summed E-state index contributed by atoms with van der Waals surface area (Å²) in [6.07, 6.45) is 3.56. The first-order valence-electron chi connectivity index (χ1n) is 6.87. The number of benzene rings is 3. The molecule has 0 saturated carbocycles. The summed E-state index contributed by atoms with van der Waals surface area (Å²) in [7, 11) is 0. The van der Waals surface area contributed by atoms with Gasteiger partial charge in [-0.15, -0.1) is 0 Å². The molecule has 0 aliphatic carbocycles. The van der Waals surface area contributed by atoms with Gasteiger partial charge in [0.15, 0.2) is 0 Å². The molecule has 0 spiro atoms. The highest BCUT2D eigenvalue weighted by Crippen LogP contribution is 2.22. The van der Waals surface area contributed by atoms with E-state index in [0.717, 1.165) is 0 Å². The molecule has 0 amide bonds. The smallest absolute Gasteiger partial charge is 0.335 e. The molecule has 4 aromatic rings. The predicted molar refractivity (Wildman–Crippen MR) is 87.1 cm³/mol. The van der Waals surface area contributed by atoms with Crippen molar-refractivity contribution in [2.75, 3.05) is 0 Å². The number of fused-ring (bicyclic) bond motifs is 2. The highest BCUT2D eigenvalue weighted by atomic mass is 16.4. The zero-order chi connectivity index (χ0) is 15.4. The van der Waals surface area contributed by atoms with Crippen molar-refractivity contribution in [2.45, 2.75) is 0 Å². The lowest BCUT2D eigenvalue weighted by molar-refractivity contribution is 0.0697. The summed E-state index contributed by atoms with van der Waals surface area (Å²) in [6.45, 7) is 0. The number of hydrogen-bond donors (Lipinski definition) is 1. The predicted octanol–water partition coefficient (Wildman–Crippen LogP) is 4.97. The van der Waals surface area contributed by atoms with Gasteiger partial charge in [0.25, 0.3) is 0 Å². The molecule has 3 heteroatoms. The van der Waals surface area contributed by atoms with Crippen molar-refractivity contribution in [3.05, 3.63) is 84.8 Å². The van der Waals surface area contributed by atoms with E-state index in [-0.39, 0.29) is 0 Å². The molecule has 0 atom stereocenters. The van der Waals surface area contributed by atoms with Crippen LogP contribution in [0.25, 0.3) is 21.5 Å². The minimum Gasteiger partial charge on any atom is -0.478 e. The Morgan fingerprint density at radius 3 is 1.68 bits per heavy atom. The number of hydrogen-bond acceptors (Lipinski definition) is 2. The minimum absolute atomic E-state index is 0.331. The van der Waals surface area contributed by atoms with Gasteiger partial charge in [-0.1, -0.05) is 42.5 Å². The lowest BCUT2D eigenvalue weighted by atomic mass is 10.1. The number of furan rings is 1. The van der Waals surface area contributed by atoms with E-state index in [0.29, 0.717) is 5.56 Å². The van der Waals surface area contributed by atoms with E-state index in [2.05, 4.69) is 24.3 Å². The molecule has 108 valence electrons. The largest absolute Gasteiger partial charge is 0.478 e. The molecular formula is C19H14O3. The quantitative estimate of drug-likeness (QED) is 0.538. The van der Waals surface area contributed by atoms with E-state index in [9.17, 15) is 4.79 Å². The first-order valence-corrected chi connectivity index (χ1v) is 6.87. The van der Waals surface area contributed by atoms with Gasteiger partial charge >= 0.3 is 5.97 Å². The molecular weight excluding hydrogens is 276 g/mol. The van der Waals surface area contributed by atoms with Crippen LogP contribution in [0.1, 0.15) is 10.4 Å². The zero-order valence-electron chi connectivity index (χ0n) is 11.8. The topological polar surface area (TPSA) is 50.4 Å². The maximum atomic E-state index is 10.2. The SMILES string of the molecule is O=C(O)c1ccccc1.c1ccc2cc3cocc3cc2c1. The van der Waals surface area contributed by atoms with Crippen LogP contribution in [0.5, 0.6) is 0 Å². The van der Waals surface area contributed by atoms with E-state index in [1.54, 1.807) is 42.9 Å². The van der Waals surface area contributed by atoms with Crippen molar-refractivity contribution in [1.29, 1.82) is 0 Å². The Morgan fingerprint density at radius 1 is 0.727 bits per heavy atom. The third-order valence-electron chi connectivity index (χ3n) is 3.36. The maximum absolute atomic E-state index is 10.2. The Morgan fingerprint density at radius 2 is 1.23 bits per heavy atom. The lowest BCUT2D eigenvalue weighted by Crippen LogP contribution is -1.93. The van der Waals surface area contributed by atoms with Crippen LogP contribution in [0, 0.1) is 0 Å². The summed E-state index contributed by atoms with van der Waals surface area (Å²) in [4.78, 5) is 10.2. The molecule has 0 radical (unpaired) electrons. The number of carboxylic acids is 1. The van der Waals surface area contributed by atoms with E-state index >= 15 is 0 Å². The normalized spacial score (nSPS) is 10.2. The minimum atomic E-state index is -0.879. The molecule has 1 aromatic heterocycles. The van der Waals surface area contributed by atoms with Crippen LogP contribution < -0.4 is 0 Å². The monoisotopic (exact) mass is 290 g/mol. The van der Waals surface area contributed by atoms with Gasteiger partial charge in [0.1, 0.15) is 0 Å². The molecule has 0 bridgehead atoms. The van der Waals surface area contributed by atoms with Gasteiger partial charge in [-0.05, 0) is 35.0 Å².